The van der Waals surface area contributed by atoms with Gasteiger partial charge in [-0.05, 0) is 64.1 Å². The molecule has 4 rings (SSSR count). The average molecular weight is 425 g/mol. The maximum absolute atomic E-state index is 12.6. The van der Waals surface area contributed by atoms with Gasteiger partial charge in [-0.1, -0.05) is 30.3 Å². The second kappa shape index (κ2) is 8.03. The van der Waals surface area contributed by atoms with E-state index in [1.165, 1.54) is 0 Å². The number of ether oxygens (including phenoxy) is 2. The van der Waals surface area contributed by atoms with Crippen LogP contribution >= 0.6 is 0 Å². The van der Waals surface area contributed by atoms with Gasteiger partial charge in [0.1, 0.15) is 18.6 Å². The van der Waals surface area contributed by atoms with Crippen molar-refractivity contribution in [1.82, 2.24) is 5.32 Å². The lowest BCUT2D eigenvalue weighted by Gasteiger charge is -2.32. The van der Waals surface area contributed by atoms with E-state index in [1.54, 1.807) is 0 Å². The average Bonchev–Trinajstić information content (AvgIpc) is 3.47. The van der Waals surface area contributed by atoms with Crippen molar-refractivity contribution in [3.05, 3.63) is 58.9 Å². The molecule has 1 saturated carbocycles. The zero-order chi connectivity index (χ0) is 22.3. The molecule has 1 N–H and O–H groups in total. The second-order valence-corrected chi connectivity index (χ2v) is 9.79. The van der Waals surface area contributed by atoms with Gasteiger partial charge in [0.05, 0.1) is 11.2 Å². The van der Waals surface area contributed by atoms with Crippen molar-refractivity contribution in [2.45, 2.75) is 65.3 Å². The predicted octanol–water partition coefficient (Wildman–Crippen LogP) is 3.92. The third-order valence-corrected chi connectivity index (χ3v) is 6.85. The second-order valence-electron chi connectivity index (χ2n) is 9.79. The molecular formula is C24H32BNO5. The van der Waals surface area contributed by atoms with E-state index in [0.717, 1.165) is 29.5 Å². The molecule has 31 heavy (non-hydrogen) atoms. The fraction of sp³-hybridized carbons (Fsp3) is 0.542. The number of esters is 1. The van der Waals surface area contributed by atoms with E-state index in [2.05, 4.69) is 33.0 Å². The molecule has 1 saturated heterocycles. The number of carbonyl (C=O) groups excluding carboxylic acids is 1. The number of hydrogen-bond acceptors (Lipinski definition) is 6. The van der Waals surface area contributed by atoms with E-state index >= 15 is 0 Å². The van der Waals surface area contributed by atoms with Gasteiger partial charge in [-0.15, -0.1) is 0 Å². The highest BCUT2D eigenvalue weighted by atomic mass is 16.7. The first kappa shape index (κ1) is 22.0. The van der Waals surface area contributed by atoms with Gasteiger partial charge in [0.25, 0.3) is 0 Å². The van der Waals surface area contributed by atoms with Crippen LogP contribution in [0.25, 0.3) is 0 Å². The van der Waals surface area contributed by atoms with Gasteiger partial charge in [0, 0.05) is 12.6 Å². The Labute approximate surface area is 185 Å². The lowest BCUT2D eigenvalue weighted by atomic mass is 9.74. The van der Waals surface area contributed by atoms with E-state index in [-0.39, 0.29) is 24.3 Å². The molecule has 0 aromatic heterocycles. The monoisotopic (exact) mass is 425 g/mol. The van der Waals surface area contributed by atoms with Crippen LogP contribution in [-0.2, 0) is 30.2 Å². The summed E-state index contributed by atoms with van der Waals surface area (Å²) in [6.07, 6.45) is 3.54. The maximum atomic E-state index is 12.6. The van der Waals surface area contributed by atoms with Gasteiger partial charge in [-0.3, -0.25) is 4.79 Å². The summed E-state index contributed by atoms with van der Waals surface area (Å²) in [6.45, 7) is 11.4. The van der Waals surface area contributed by atoms with Gasteiger partial charge in [-0.2, -0.15) is 0 Å². The minimum absolute atomic E-state index is 0.182. The van der Waals surface area contributed by atoms with Crippen LogP contribution in [0.2, 0.25) is 0 Å². The molecule has 3 aliphatic rings. The zero-order valence-electron chi connectivity index (χ0n) is 19.1. The highest BCUT2D eigenvalue weighted by Crippen LogP contribution is 2.47. The van der Waals surface area contributed by atoms with Crippen molar-refractivity contribution in [3.8, 4) is 0 Å². The Kier molecular flexibility index (Phi) is 5.69. The van der Waals surface area contributed by atoms with Gasteiger partial charge >= 0.3 is 13.1 Å². The van der Waals surface area contributed by atoms with Crippen LogP contribution in [0.1, 0.15) is 53.0 Å². The molecule has 0 amide bonds. The Morgan fingerprint density at radius 2 is 1.74 bits per heavy atom. The molecule has 0 unspecified atom stereocenters. The highest BCUT2D eigenvalue weighted by molar-refractivity contribution is 6.55. The molecule has 2 aliphatic heterocycles. The van der Waals surface area contributed by atoms with Gasteiger partial charge in [0.15, 0.2) is 5.88 Å². The van der Waals surface area contributed by atoms with Gasteiger partial charge in [-0.25, -0.2) is 0 Å². The summed E-state index contributed by atoms with van der Waals surface area (Å²) >= 11 is 0. The molecule has 0 spiro atoms. The summed E-state index contributed by atoms with van der Waals surface area (Å²) in [5, 5.41) is 3.30. The quantitative estimate of drug-likeness (QED) is 0.528. The van der Waals surface area contributed by atoms with Crippen molar-refractivity contribution >= 4 is 13.1 Å². The Balaban J connectivity index is 1.33. The largest absolute Gasteiger partial charge is 0.492 e. The number of nitrogens with one attached hydrogen (secondary N) is 1. The maximum Gasteiger partial charge on any atom is 0.492 e. The van der Waals surface area contributed by atoms with Crippen molar-refractivity contribution in [2.24, 2.45) is 5.41 Å². The topological polar surface area (TPSA) is 66.0 Å². The van der Waals surface area contributed by atoms with Crippen LogP contribution in [0.4, 0.5) is 0 Å². The van der Waals surface area contributed by atoms with E-state index in [4.69, 9.17) is 18.8 Å². The molecule has 0 bridgehead atoms. The van der Waals surface area contributed by atoms with Crippen molar-refractivity contribution in [2.75, 3.05) is 13.2 Å². The SMILES string of the molecule is CC1=C(B2OC(C)(C)C(C)(C)O2)CNC(OCC2(C(=O)OCc3ccccc3)CC2)=C1. The Morgan fingerprint density at radius 1 is 1.10 bits per heavy atom. The number of hydrogen-bond donors (Lipinski definition) is 1. The predicted molar refractivity (Wildman–Crippen MR) is 119 cm³/mol. The zero-order valence-corrected chi connectivity index (χ0v) is 19.1. The molecule has 2 fully saturated rings. The van der Waals surface area contributed by atoms with Crippen LogP contribution in [0.15, 0.2) is 53.3 Å². The minimum atomic E-state index is -0.527. The molecule has 0 atom stereocenters. The lowest BCUT2D eigenvalue weighted by molar-refractivity contribution is -0.153. The third kappa shape index (κ3) is 4.53. The van der Waals surface area contributed by atoms with Crippen LogP contribution in [0.5, 0.6) is 0 Å². The molecule has 1 aliphatic carbocycles. The molecule has 2 heterocycles. The van der Waals surface area contributed by atoms with Crippen LogP contribution < -0.4 is 5.32 Å². The highest BCUT2D eigenvalue weighted by Gasteiger charge is 2.54. The van der Waals surface area contributed by atoms with Crippen molar-refractivity contribution < 1.29 is 23.6 Å². The standard InChI is InChI=1S/C24H32BNO5/c1-17-13-20(26-14-19(17)25-30-22(2,3)23(4,5)31-25)29-16-24(11-12-24)21(27)28-15-18-9-7-6-8-10-18/h6-10,13,26H,11-12,14-16H2,1-5H3. The first-order valence-electron chi connectivity index (χ1n) is 11.0. The number of carbonyl (C=O) groups is 1. The lowest BCUT2D eigenvalue weighted by Crippen LogP contribution is -2.41. The van der Waals surface area contributed by atoms with E-state index in [1.807, 2.05) is 43.3 Å². The normalized spacial score (nSPS) is 23.1. The first-order valence-corrected chi connectivity index (χ1v) is 11.0. The summed E-state index contributed by atoms with van der Waals surface area (Å²) in [5.41, 5.74) is 1.84. The first-order chi connectivity index (χ1) is 14.6. The molecule has 166 valence electrons. The minimum Gasteiger partial charge on any atom is -0.478 e. The number of allylic oxidation sites excluding steroid dienone is 2. The fourth-order valence-electron chi connectivity index (χ4n) is 3.66. The molecular weight excluding hydrogens is 393 g/mol. The summed E-state index contributed by atoms with van der Waals surface area (Å²) in [7, 11) is -0.377. The number of dihydropyridines is 1. The Hall–Kier alpha value is -2.25. The van der Waals surface area contributed by atoms with Gasteiger partial charge in [0.2, 0.25) is 0 Å². The van der Waals surface area contributed by atoms with E-state index in [9.17, 15) is 4.79 Å². The van der Waals surface area contributed by atoms with Crippen LogP contribution in [-0.4, -0.2) is 37.4 Å². The smallest absolute Gasteiger partial charge is 0.478 e. The summed E-state index contributed by atoms with van der Waals surface area (Å²) < 4.78 is 23.9. The third-order valence-electron chi connectivity index (χ3n) is 6.85. The Morgan fingerprint density at radius 3 is 2.32 bits per heavy atom. The molecule has 1 aromatic carbocycles. The molecule has 6 nitrogen and oxygen atoms in total. The fourth-order valence-corrected chi connectivity index (χ4v) is 3.66. The van der Waals surface area contributed by atoms with E-state index < -0.39 is 5.41 Å². The van der Waals surface area contributed by atoms with Crippen LogP contribution in [0.3, 0.4) is 0 Å². The van der Waals surface area contributed by atoms with Crippen molar-refractivity contribution in [3.63, 3.8) is 0 Å². The molecule has 7 heteroatoms. The summed E-state index contributed by atoms with van der Waals surface area (Å²) in [5.74, 6) is 0.484. The summed E-state index contributed by atoms with van der Waals surface area (Å²) in [6, 6.07) is 9.73. The Bertz CT molecular complexity index is 886. The van der Waals surface area contributed by atoms with Gasteiger partial charge < -0.3 is 24.1 Å². The molecule has 0 radical (unpaired) electrons. The van der Waals surface area contributed by atoms with Crippen molar-refractivity contribution in [1.29, 1.82) is 0 Å². The van der Waals surface area contributed by atoms with Crippen LogP contribution in [0, 0.1) is 5.41 Å². The number of benzene rings is 1. The van der Waals surface area contributed by atoms with E-state index in [0.29, 0.717) is 25.6 Å². The summed E-state index contributed by atoms with van der Waals surface area (Å²) in [4.78, 5) is 12.6. The molecule has 1 aromatic rings. The number of rotatable bonds is 7.